The van der Waals surface area contributed by atoms with Crippen molar-refractivity contribution in [2.75, 3.05) is 6.54 Å². The van der Waals surface area contributed by atoms with Crippen molar-refractivity contribution in [2.24, 2.45) is 0 Å². The first-order valence-electron chi connectivity index (χ1n) is 4.75. The Kier molecular flexibility index (Phi) is 3.92. The predicted molar refractivity (Wildman–Crippen MR) is 58.9 cm³/mol. The summed E-state index contributed by atoms with van der Waals surface area (Å²) < 4.78 is 0. The summed E-state index contributed by atoms with van der Waals surface area (Å²) in [5, 5.41) is 2.70. The van der Waals surface area contributed by atoms with E-state index in [-0.39, 0.29) is 5.91 Å². The molecule has 0 aliphatic heterocycles. The zero-order valence-electron chi connectivity index (χ0n) is 8.58. The minimum atomic E-state index is -0.0481. The van der Waals surface area contributed by atoms with E-state index in [1.807, 2.05) is 44.2 Å². The highest BCUT2D eigenvalue weighted by atomic mass is 16.1. The van der Waals surface area contributed by atoms with Gasteiger partial charge in [-0.1, -0.05) is 29.8 Å². The van der Waals surface area contributed by atoms with Crippen LogP contribution in [-0.4, -0.2) is 12.5 Å². The Morgan fingerprint density at radius 1 is 1.36 bits per heavy atom. The molecule has 0 unspecified atom stereocenters. The number of hydrogen-bond donors (Lipinski definition) is 1. The summed E-state index contributed by atoms with van der Waals surface area (Å²) in [6.07, 6.45) is 3.36. The highest BCUT2D eigenvalue weighted by molar-refractivity contribution is 5.91. The van der Waals surface area contributed by atoms with Crippen LogP contribution in [0.2, 0.25) is 0 Å². The third-order valence-corrected chi connectivity index (χ3v) is 1.86. The molecule has 14 heavy (non-hydrogen) atoms. The highest BCUT2D eigenvalue weighted by Gasteiger charge is 1.91. The maximum Gasteiger partial charge on any atom is 0.243 e. The van der Waals surface area contributed by atoms with Gasteiger partial charge < -0.3 is 5.32 Å². The minimum absolute atomic E-state index is 0.0481. The summed E-state index contributed by atoms with van der Waals surface area (Å²) >= 11 is 0. The van der Waals surface area contributed by atoms with E-state index in [9.17, 15) is 4.79 Å². The van der Waals surface area contributed by atoms with E-state index < -0.39 is 0 Å². The van der Waals surface area contributed by atoms with E-state index in [1.165, 1.54) is 5.56 Å². The molecule has 1 aromatic rings. The fraction of sp³-hybridized carbons (Fsp3) is 0.250. The SMILES string of the molecule is CCNC(=O)C=Cc1ccc(C)cc1. The third-order valence-electron chi connectivity index (χ3n) is 1.86. The normalized spacial score (nSPS) is 10.4. The Morgan fingerprint density at radius 2 is 2.00 bits per heavy atom. The Bertz CT molecular complexity index is 325. The molecule has 0 aromatic heterocycles. The van der Waals surface area contributed by atoms with Crippen molar-refractivity contribution in [1.82, 2.24) is 5.32 Å². The van der Waals surface area contributed by atoms with E-state index in [4.69, 9.17) is 0 Å². The third kappa shape index (κ3) is 3.44. The fourth-order valence-electron chi connectivity index (χ4n) is 1.08. The smallest absolute Gasteiger partial charge is 0.243 e. The second-order valence-electron chi connectivity index (χ2n) is 3.14. The Hall–Kier alpha value is -1.57. The van der Waals surface area contributed by atoms with Crippen molar-refractivity contribution in [2.45, 2.75) is 13.8 Å². The number of benzene rings is 1. The van der Waals surface area contributed by atoms with E-state index in [0.717, 1.165) is 5.56 Å². The molecule has 2 nitrogen and oxygen atoms in total. The monoisotopic (exact) mass is 189 g/mol. The fourth-order valence-corrected chi connectivity index (χ4v) is 1.08. The topological polar surface area (TPSA) is 29.1 Å². The van der Waals surface area contributed by atoms with Gasteiger partial charge in [0.2, 0.25) is 5.91 Å². The number of aryl methyl sites for hydroxylation is 1. The summed E-state index contributed by atoms with van der Waals surface area (Å²) in [6, 6.07) is 8.03. The number of amides is 1. The lowest BCUT2D eigenvalue weighted by atomic mass is 10.1. The number of carbonyl (C=O) groups is 1. The Morgan fingerprint density at radius 3 is 2.57 bits per heavy atom. The van der Waals surface area contributed by atoms with Crippen molar-refractivity contribution < 1.29 is 4.79 Å². The van der Waals surface area contributed by atoms with Crippen molar-refractivity contribution in [3.05, 3.63) is 41.5 Å². The van der Waals surface area contributed by atoms with Crippen LogP contribution in [0.25, 0.3) is 6.08 Å². The van der Waals surface area contributed by atoms with E-state index in [1.54, 1.807) is 6.08 Å². The molecule has 0 spiro atoms. The molecule has 1 rings (SSSR count). The first kappa shape index (κ1) is 10.5. The summed E-state index contributed by atoms with van der Waals surface area (Å²) in [4.78, 5) is 11.1. The summed E-state index contributed by atoms with van der Waals surface area (Å²) in [6.45, 7) is 4.60. The van der Waals surface area contributed by atoms with Gasteiger partial charge in [0.25, 0.3) is 0 Å². The van der Waals surface area contributed by atoms with Crippen LogP contribution >= 0.6 is 0 Å². The second-order valence-corrected chi connectivity index (χ2v) is 3.14. The van der Waals surface area contributed by atoms with Gasteiger partial charge in [-0.15, -0.1) is 0 Å². The summed E-state index contributed by atoms with van der Waals surface area (Å²) in [7, 11) is 0. The van der Waals surface area contributed by atoms with Crippen molar-refractivity contribution in [3.8, 4) is 0 Å². The highest BCUT2D eigenvalue weighted by Crippen LogP contribution is 2.04. The molecule has 1 aromatic carbocycles. The molecular weight excluding hydrogens is 174 g/mol. The lowest BCUT2D eigenvalue weighted by Gasteiger charge is -1.96. The molecular formula is C12H15NO. The molecule has 0 bridgehead atoms. The molecule has 0 radical (unpaired) electrons. The van der Waals surface area contributed by atoms with Crippen LogP contribution in [0.3, 0.4) is 0 Å². The molecule has 1 N–H and O–H groups in total. The summed E-state index contributed by atoms with van der Waals surface area (Å²) in [5.74, 6) is -0.0481. The van der Waals surface area contributed by atoms with Crippen LogP contribution < -0.4 is 5.32 Å². The molecule has 0 aliphatic carbocycles. The van der Waals surface area contributed by atoms with Gasteiger partial charge in [0.1, 0.15) is 0 Å². The van der Waals surface area contributed by atoms with Gasteiger partial charge in [0, 0.05) is 12.6 Å². The van der Waals surface area contributed by atoms with Crippen molar-refractivity contribution in [1.29, 1.82) is 0 Å². The van der Waals surface area contributed by atoms with Crippen LogP contribution in [0.5, 0.6) is 0 Å². The number of likely N-dealkylation sites (N-methyl/N-ethyl adjacent to an activating group) is 1. The predicted octanol–water partition coefficient (Wildman–Crippen LogP) is 2.14. The van der Waals surface area contributed by atoms with Crippen molar-refractivity contribution >= 4 is 12.0 Å². The van der Waals surface area contributed by atoms with Gasteiger partial charge in [-0.25, -0.2) is 0 Å². The van der Waals surface area contributed by atoms with Crippen LogP contribution in [0.15, 0.2) is 30.3 Å². The van der Waals surface area contributed by atoms with E-state index in [0.29, 0.717) is 6.54 Å². The van der Waals surface area contributed by atoms with Gasteiger partial charge in [0.15, 0.2) is 0 Å². The lowest BCUT2D eigenvalue weighted by molar-refractivity contribution is -0.116. The van der Waals surface area contributed by atoms with Gasteiger partial charge in [0.05, 0.1) is 0 Å². The summed E-state index contributed by atoms with van der Waals surface area (Å²) in [5.41, 5.74) is 2.27. The largest absolute Gasteiger partial charge is 0.353 e. The first-order chi connectivity index (χ1) is 6.72. The second kappa shape index (κ2) is 5.22. The molecule has 0 atom stereocenters. The van der Waals surface area contributed by atoms with Crippen LogP contribution in [0.4, 0.5) is 0 Å². The first-order valence-corrected chi connectivity index (χ1v) is 4.75. The van der Waals surface area contributed by atoms with Crippen LogP contribution in [0.1, 0.15) is 18.1 Å². The maximum atomic E-state index is 11.1. The number of nitrogens with one attached hydrogen (secondary N) is 1. The number of rotatable bonds is 3. The average Bonchev–Trinajstić information content (AvgIpc) is 2.17. The molecule has 0 aliphatic rings. The molecule has 0 fully saturated rings. The molecule has 0 heterocycles. The van der Waals surface area contributed by atoms with Crippen molar-refractivity contribution in [3.63, 3.8) is 0 Å². The quantitative estimate of drug-likeness (QED) is 0.725. The van der Waals surface area contributed by atoms with E-state index in [2.05, 4.69) is 5.32 Å². The minimum Gasteiger partial charge on any atom is -0.353 e. The average molecular weight is 189 g/mol. The molecule has 0 saturated carbocycles. The van der Waals surface area contributed by atoms with E-state index >= 15 is 0 Å². The zero-order chi connectivity index (χ0) is 10.4. The molecule has 2 heteroatoms. The molecule has 1 amide bonds. The number of hydrogen-bond acceptors (Lipinski definition) is 1. The van der Waals surface area contributed by atoms with Gasteiger partial charge >= 0.3 is 0 Å². The maximum absolute atomic E-state index is 11.1. The lowest BCUT2D eigenvalue weighted by Crippen LogP contribution is -2.19. The van der Waals surface area contributed by atoms with Gasteiger partial charge in [-0.2, -0.15) is 0 Å². The van der Waals surface area contributed by atoms with Gasteiger partial charge in [-0.3, -0.25) is 4.79 Å². The Balaban J connectivity index is 2.60. The zero-order valence-corrected chi connectivity index (χ0v) is 8.58. The van der Waals surface area contributed by atoms with Crippen LogP contribution in [-0.2, 0) is 4.79 Å². The van der Waals surface area contributed by atoms with Gasteiger partial charge in [-0.05, 0) is 25.5 Å². The Labute approximate surface area is 84.6 Å². The van der Waals surface area contributed by atoms with Crippen LogP contribution in [0, 0.1) is 6.92 Å². The standard InChI is InChI=1S/C12H15NO/c1-3-13-12(14)9-8-11-6-4-10(2)5-7-11/h4-9H,3H2,1-2H3,(H,13,14). The number of carbonyl (C=O) groups excluding carboxylic acids is 1. The molecule has 74 valence electrons. The molecule has 0 saturated heterocycles.